The van der Waals surface area contributed by atoms with Crippen LogP contribution in [0, 0.1) is 12.8 Å². The van der Waals surface area contributed by atoms with Gasteiger partial charge in [-0.2, -0.15) is 0 Å². The van der Waals surface area contributed by atoms with E-state index >= 15 is 0 Å². The van der Waals surface area contributed by atoms with Crippen molar-refractivity contribution >= 4 is 23.5 Å². The lowest BCUT2D eigenvalue weighted by Gasteiger charge is -2.34. The molecular weight excluding hydrogens is 392 g/mol. The molecule has 1 aliphatic carbocycles. The predicted octanol–water partition coefficient (Wildman–Crippen LogP) is 4.99. The first-order valence-corrected chi connectivity index (χ1v) is 12.1. The number of piperidine rings is 1. The Labute approximate surface area is 184 Å². The van der Waals surface area contributed by atoms with E-state index in [4.69, 9.17) is 0 Å². The first-order valence-electron chi connectivity index (χ1n) is 11.3. The quantitative estimate of drug-likeness (QED) is 0.685. The molecule has 2 aromatic rings. The molecule has 0 unspecified atom stereocenters. The van der Waals surface area contributed by atoms with Crippen LogP contribution in [-0.4, -0.2) is 35.0 Å². The van der Waals surface area contributed by atoms with Crippen molar-refractivity contribution in [3.8, 4) is 0 Å². The summed E-state index contributed by atoms with van der Waals surface area (Å²) < 4.78 is 0. The zero-order valence-corrected chi connectivity index (χ0v) is 18.7. The number of benzene rings is 1. The SMILES string of the molecule is Cc1ccc(Sc2nccnc2N2CCC[C@@H](C(=O)NC3CCCCCC3)C2)cc1. The van der Waals surface area contributed by atoms with Gasteiger partial charge in [0.2, 0.25) is 5.91 Å². The number of nitrogens with one attached hydrogen (secondary N) is 1. The molecule has 1 saturated heterocycles. The third-order valence-electron chi connectivity index (χ3n) is 6.18. The second kappa shape index (κ2) is 10.3. The summed E-state index contributed by atoms with van der Waals surface area (Å²) in [5, 5.41) is 4.26. The summed E-state index contributed by atoms with van der Waals surface area (Å²) in [6.45, 7) is 3.74. The van der Waals surface area contributed by atoms with Gasteiger partial charge in [0, 0.05) is 36.4 Å². The lowest BCUT2D eigenvalue weighted by molar-refractivity contribution is -0.126. The van der Waals surface area contributed by atoms with E-state index in [0.29, 0.717) is 6.04 Å². The molecule has 1 aromatic heterocycles. The van der Waals surface area contributed by atoms with Crippen LogP contribution in [0.1, 0.15) is 56.9 Å². The molecule has 1 saturated carbocycles. The number of hydrogen-bond donors (Lipinski definition) is 1. The molecule has 160 valence electrons. The van der Waals surface area contributed by atoms with Crippen molar-refractivity contribution in [3.63, 3.8) is 0 Å². The number of aryl methyl sites for hydroxylation is 1. The second-order valence-corrected chi connectivity index (χ2v) is 9.64. The van der Waals surface area contributed by atoms with E-state index in [9.17, 15) is 4.79 Å². The normalized spacial score (nSPS) is 20.6. The summed E-state index contributed by atoms with van der Waals surface area (Å²) in [7, 11) is 0. The van der Waals surface area contributed by atoms with Gasteiger partial charge in [0.05, 0.1) is 5.92 Å². The van der Waals surface area contributed by atoms with E-state index in [1.54, 1.807) is 24.2 Å². The molecule has 2 fully saturated rings. The number of carbonyl (C=O) groups is 1. The van der Waals surface area contributed by atoms with Gasteiger partial charge in [-0.1, -0.05) is 55.1 Å². The first kappa shape index (κ1) is 21.2. The lowest BCUT2D eigenvalue weighted by atomic mass is 9.96. The van der Waals surface area contributed by atoms with Crippen LogP contribution in [0.3, 0.4) is 0 Å². The van der Waals surface area contributed by atoms with E-state index in [0.717, 1.165) is 54.5 Å². The second-order valence-electron chi connectivity index (χ2n) is 8.58. The van der Waals surface area contributed by atoms with Crippen molar-refractivity contribution in [3.05, 3.63) is 42.2 Å². The van der Waals surface area contributed by atoms with Crippen molar-refractivity contribution in [2.45, 2.75) is 74.3 Å². The average molecular weight is 425 g/mol. The van der Waals surface area contributed by atoms with Crippen LogP contribution in [0.25, 0.3) is 0 Å². The third kappa shape index (κ3) is 5.54. The highest BCUT2D eigenvalue weighted by atomic mass is 32.2. The Balaban J connectivity index is 1.42. The molecule has 2 aliphatic rings. The zero-order valence-electron chi connectivity index (χ0n) is 17.8. The molecule has 2 heterocycles. The van der Waals surface area contributed by atoms with Gasteiger partial charge >= 0.3 is 0 Å². The van der Waals surface area contributed by atoms with Gasteiger partial charge in [0.15, 0.2) is 5.82 Å². The van der Waals surface area contributed by atoms with Crippen LogP contribution in [-0.2, 0) is 4.79 Å². The van der Waals surface area contributed by atoms with Crippen LogP contribution in [0.5, 0.6) is 0 Å². The molecule has 5 nitrogen and oxygen atoms in total. The average Bonchev–Trinajstić information content (AvgIpc) is 3.04. The minimum atomic E-state index is 0.0289. The maximum Gasteiger partial charge on any atom is 0.225 e. The maximum atomic E-state index is 13.0. The van der Waals surface area contributed by atoms with Crippen LogP contribution in [0.2, 0.25) is 0 Å². The summed E-state index contributed by atoms with van der Waals surface area (Å²) >= 11 is 1.64. The Hall–Kier alpha value is -2.08. The molecule has 1 aliphatic heterocycles. The van der Waals surface area contributed by atoms with Crippen molar-refractivity contribution in [2.75, 3.05) is 18.0 Å². The lowest BCUT2D eigenvalue weighted by Crippen LogP contribution is -2.46. The summed E-state index contributed by atoms with van der Waals surface area (Å²) in [5.74, 6) is 1.15. The van der Waals surface area contributed by atoms with Crippen molar-refractivity contribution in [2.24, 2.45) is 5.92 Å². The van der Waals surface area contributed by atoms with Gasteiger partial charge in [0.25, 0.3) is 0 Å². The topological polar surface area (TPSA) is 58.1 Å². The highest BCUT2D eigenvalue weighted by molar-refractivity contribution is 7.99. The monoisotopic (exact) mass is 424 g/mol. The largest absolute Gasteiger partial charge is 0.354 e. The van der Waals surface area contributed by atoms with Gasteiger partial charge in [0.1, 0.15) is 5.03 Å². The molecule has 0 spiro atoms. The van der Waals surface area contributed by atoms with E-state index in [1.807, 2.05) is 0 Å². The molecule has 1 atom stereocenters. The van der Waals surface area contributed by atoms with Crippen molar-refractivity contribution in [1.82, 2.24) is 15.3 Å². The Morgan fingerprint density at radius 2 is 1.73 bits per heavy atom. The zero-order chi connectivity index (χ0) is 20.8. The van der Waals surface area contributed by atoms with Gasteiger partial charge in [-0.15, -0.1) is 0 Å². The predicted molar refractivity (Wildman–Crippen MR) is 122 cm³/mol. The Bertz CT molecular complexity index is 833. The van der Waals surface area contributed by atoms with Crippen LogP contribution < -0.4 is 10.2 Å². The minimum absolute atomic E-state index is 0.0289. The van der Waals surface area contributed by atoms with Gasteiger partial charge < -0.3 is 10.2 Å². The molecule has 30 heavy (non-hydrogen) atoms. The minimum Gasteiger partial charge on any atom is -0.354 e. The molecule has 4 rings (SSSR count). The first-order chi connectivity index (χ1) is 14.7. The smallest absolute Gasteiger partial charge is 0.225 e. The highest BCUT2D eigenvalue weighted by Gasteiger charge is 2.29. The van der Waals surface area contributed by atoms with Gasteiger partial charge in [-0.05, 0) is 44.7 Å². The van der Waals surface area contributed by atoms with Crippen LogP contribution >= 0.6 is 11.8 Å². The van der Waals surface area contributed by atoms with Crippen molar-refractivity contribution < 1.29 is 4.79 Å². The molecule has 1 amide bonds. The highest BCUT2D eigenvalue weighted by Crippen LogP contribution is 2.34. The Morgan fingerprint density at radius 1 is 1.00 bits per heavy atom. The number of aromatic nitrogens is 2. The number of carbonyl (C=O) groups excluding carboxylic acids is 1. The number of rotatable bonds is 5. The molecule has 1 aromatic carbocycles. The molecule has 6 heteroatoms. The standard InChI is InChI=1S/C24H32N4OS/c1-18-10-12-21(13-11-18)30-24-22(25-14-15-26-24)28-16-6-7-19(17-28)23(29)27-20-8-4-2-3-5-9-20/h10-15,19-20H,2-9,16-17H2,1H3,(H,27,29)/t19-/m1/s1. The maximum absolute atomic E-state index is 13.0. The van der Waals surface area contributed by atoms with Crippen LogP contribution in [0.15, 0.2) is 46.6 Å². The van der Waals surface area contributed by atoms with E-state index in [-0.39, 0.29) is 11.8 Å². The van der Waals surface area contributed by atoms with Gasteiger partial charge in [-0.25, -0.2) is 9.97 Å². The number of nitrogens with zero attached hydrogens (tertiary/aromatic N) is 3. The summed E-state index contributed by atoms with van der Waals surface area (Å²) in [6, 6.07) is 8.84. The summed E-state index contributed by atoms with van der Waals surface area (Å²) in [4.78, 5) is 25.6. The van der Waals surface area contributed by atoms with E-state index in [2.05, 4.69) is 51.4 Å². The Morgan fingerprint density at radius 3 is 2.50 bits per heavy atom. The van der Waals surface area contributed by atoms with Gasteiger partial charge in [-0.3, -0.25) is 4.79 Å². The fourth-order valence-corrected chi connectivity index (χ4v) is 5.33. The molecule has 0 radical (unpaired) electrons. The fourth-order valence-electron chi connectivity index (χ4n) is 4.45. The summed E-state index contributed by atoms with van der Waals surface area (Å²) in [5.41, 5.74) is 1.25. The molecule has 1 N–H and O–H groups in total. The van der Waals surface area contributed by atoms with Crippen LogP contribution in [0.4, 0.5) is 5.82 Å². The number of hydrogen-bond acceptors (Lipinski definition) is 5. The Kier molecular flexibility index (Phi) is 7.26. The fraction of sp³-hybridized carbons (Fsp3) is 0.542. The number of anilines is 1. The number of amides is 1. The molecule has 0 bridgehead atoms. The molecular formula is C24H32N4OS. The van der Waals surface area contributed by atoms with E-state index in [1.165, 1.54) is 31.2 Å². The van der Waals surface area contributed by atoms with Crippen molar-refractivity contribution in [1.29, 1.82) is 0 Å². The van der Waals surface area contributed by atoms with E-state index < -0.39 is 0 Å². The summed E-state index contributed by atoms with van der Waals surface area (Å²) in [6.07, 6.45) is 12.8. The third-order valence-corrected chi connectivity index (χ3v) is 7.16.